The van der Waals surface area contributed by atoms with Crippen molar-refractivity contribution in [1.82, 2.24) is 19.8 Å². The first-order chi connectivity index (χ1) is 16.2. The van der Waals surface area contributed by atoms with E-state index in [9.17, 15) is 19.5 Å². The quantitative estimate of drug-likeness (QED) is 0.531. The monoisotopic (exact) mass is 488 g/mol. The van der Waals surface area contributed by atoms with Gasteiger partial charge in [-0.1, -0.05) is 0 Å². The van der Waals surface area contributed by atoms with Gasteiger partial charge in [-0.05, 0) is 32.4 Å². The third-order valence-electron chi connectivity index (χ3n) is 5.91. The lowest BCUT2D eigenvalue weighted by Crippen LogP contribution is -2.55. The Morgan fingerprint density at radius 2 is 2.12 bits per heavy atom. The number of pyridine rings is 2. The molecule has 1 saturated heterocycles. The van der Waals surface area contributed by atoms with Gasteiger partial charge in [-0.15, -0.1) is 0 Å². The van der Waals surface area contributed by atoms with Gasteiger partial charge in [0.25, 0.3) is 0 Å². The number of hydrogen-bond acceptors (Lipinski definition) is 9. The highest BCUT2D eigenvalue weighted by Crippen LogP contribution is 2.34. The molecule has 0 spiro atoms. The molecule has 2 aliphatic rings. The fourth-order valence-corrected chi connectivity index (χ4v) is 4.82. The van der Waals surface area contributed by atoms with Crippen LogP contribution in [0.4, 0.5) is 5.82 Å². The highest BCUT2D eigenvalue weighted by Gasteiger charge is 2.35. The second-order valence-corrected chi connectivity index (χ2v) is 9.41. The Kier molecular flexibility index (Phi) is 6.80. The van der Waals surface area contributed by atoms with Crippen molar-refractivity contribution < 1.29 is 19.4 Å². The summed E-state index contributed by atoms with van der Waals surface area (Å²) in [5.41, 5.74) is -0.228. The fraction of sp³-hybridized carbons (Fsp3) is 0.500. The molecule has 0 aliphatic carbocycles. The van der Waals surface area contributed by atoms with Crippen molar-refractivity contribution in [2.24, 2.45) is 10.3 Å². The maximum Gasteiger partial charge on any atom is 0.341 e. The van der Waals surface area contributed by atoms with Crippen molar-refractivity contribution in [2.45, 2.75) is 32.3 Å². The van der Waals surface area contributed by atoms with Crippen molar-refractivity contribution in [3.05, 3.63) is 33.6 Å². The van der Waals surface area contributed by atoms with Gasteiger partial charge in [-0.25, -0.2) is 14.2 Å². The van der Waals surface area contributed by atoms with E-state index in [0.29, 0.717) is 43.3 Å². The molecule has 0 saturated carbocycles. The lowest BCUT2D eigenvalue weighted by molar-refractivity contribution is -0.126. The minimum absolute atomic E-state index is 0.0231. The Morgan fingerprint density at radius 1 is 1.38 bits per heavy atom. The Morgan fingerprint density at radius 3 is 2.74 bits per heavy atom. The maximum atomic E-state index is 13.0. The normalized spacial score (nSPS) is 18.9. The first-order valence-corrected chi connectivity index (χ1v) is 11.9. The predicted molar refractivity (Wildman–Crippen MR) is 130 cm³/mol. The van der Waals surface area contributed by atoms with E-state index >= 15 is 0 Å². The van der Waals surface area contributed by atoms with Gasteiger partial charge < -0.3 is 25.0 Å². The van der Waals surface area contributed by atoms with Crippen LogP contribution < -0.4 is 15.6 Å². The van der Waals surface area contributed by atoms with Crippen LogP contribution in [-0.4, -0.2) is 77.2 Å². The van der Waals surface area contributed by atoms with Crippen molar-refractivity contribution in [1.29, 1.82) is 0 Å². The maximum absolute atomic E-state index is 13.0. The van der Waals surface area contributed by atoms with Gasteiger partial charge in [0.05, 0.1) is 17.9 Å². The van der Waals surface area contributed by atoms with Crippen LogP contribution in [0.25, 0.3) is 11.0 Å². The van der Waals surface area contributed by atoms with Crippen molar-refractivity contribution >= 4 is 47.0 Å². The second kappa shape index (κ2) is 9.63. The summed E-state index contributed by atoms with van der Waals surface area (Å²) in [6, 6.07) is 1.71. The Labute approximate surface area is 200 Å². The summed E-state index contributed by atoms with van der Waals surface area (Å²) in [6.45, 7) is 7.67. The zero-order chi connectivity index (χ0) is 24.6. The van der Waals surface area contributed by atoms with Gasteiger partial charge in [0.1, 0.15) is 23.4 Å². The van der Waals surface area contributed by atoms with Crippen LogP contribution >= 0.6 is 11.9 Å². The van der Waals surface area contributed by atoms with Crippen LogP contribution in [0.3, 0.4) is 0 Å². The Bertz CT molecular complexity index is 1210. The molecule has 4 heterocycles. The smallest absolute Gasteiger partial charge is 0.341 e. The van der Waals surface area contributed by atoms with E-state index in [4.69, 9.17) is 9.72 Å². The molecule has 2 aromatic heterocycles. The van der Waals surface area contributed by atoms with Crippen LogP contribution in [-0.2, 0) is 9.53 Å². The van der Waals surface area contributed by atoms with E-state index in [2.05, 4.69) is 9.71 Å². The van der Waals surface area contributed by atoms with Gasteiger partial charge in [0.15, 0.2) is 5.50 Å². The van der Waals surface area contributed by atoms with E-state index in [1.807, 2.05) is 30.7 Å². The number of fused-ring (bicyclic) bond motifs is 1. The number of anilines is 1. The molecule has 0 radical (unpaired) electrons. The van der Waals surface area contributed by atoms with Gasteiger partial charge in [0.2, 0.25) is 11.3 Å². The highest BCUT2D eigenvalue weighted by molar-refractivity contribution is 7.98. The number of aromatic carboxylic acids is 1. The highest BCUT2D eigenvalue weighted by atomic mass is 32.2. The van der Waals surface area contributed by atoms with E-state index in [0.717, 1.165) is 0 Å². The molecule has 34 heavy (non-hydrogen) atoms. The molecule has 2 atom stereocenters. The summed E-state index contributed by atoms with van der Waals surface area (Å²) in [5.74, 6) is -0.835. The zero-order valence-electron chi connectivity index (χ0n) is 19.5. The number of aryl methyl sites for hydroxylation is 1. The minimum Gasteiger partial charge on any atom is -0.477 e. The first kappa shape index (κ1) is 24.0. The molecule has 2 aliphatic heterocycles. The van der Waals surface area contributed by atoms with Crippen LogP contribution in [0.2, 0.25) is 0 Å². The van der Waals surface area contributed by atoms with E-state index in [1.165, 1.54) is 18.1 Å². The largest absolute Gasteiger partial charge is 0.477 e. The molecule has 0 bridgehead atoms. The molecule has 11 nitrogen and oxygen atoms in total. The first-order valence-electron chi connectivity index (χ1n) is 11.0. The SMILES string of the molecule is CCOC[C@H](C)NC(=O)C1CN(c2cc(C)c3c(=O)c(C(=O)O)cn(C4SN=CN4C)c3n2)C1. The topological polar surface area (TPSA) is 129 Å². The van der Waals surface area contributed by atoms with Crippen LogP contribution in [0.1, 0.15) is 35.3 Å². The molecule has 2 aromatic rings. The Hall–Kier alpha value is -3.12. The molecule has 12 heteroatoms. The van der Waals surface area contributed by atoms with Crippen LogP contribution in [0, 0.1) is 12.8 Å². The van der Waals surface area contributed by atoms with E-state index in [1.54, 1.807) is 23.9 Å². The zero-order valence-corrected chi connectivity index (χ0v) is 20.3. The third-order valence-corrected chi connectivity index (χ3v) is 6.87. The van der Waals surface area contributed by atoms with Gasteiger partial charge in [-0.2, -0.15) is 0 Å². The van der Waals surface area contributed by atoms with Crippen molar-refractivity contribution in [2.75, 3.05) is 38.3 Å². The number of carbonyl (C=O) groups is 2. The fourth-order valence-electron chi connectivity index (χ4n) is 4.05. The number of amides is 1. The summed E-state index contributed by atoms with van der Waals surface area (Å²) in [4.78, 5) is 45.8. The molecule has 1 amide bonds. The average molecular weight is 489 g/mol. The molecular weight excluding hydrogens is 460 g/mol. The van der Waals surface area contributed by atoms with Crippen molar-refractivity contribution in [3.8, 4) is 0 Å². The van der Waals surface area contributed by atoms with Gasteiger partial charge in [-0.3, -0.25) is 14.2 Å². The number of carbonyl (C=O) groups excluding carboxylic acids is 1. The number of hydrogen-bond donors (Lipinski definition) is 2. The molecule has 1 fully saturated rings. The molecule has 2 N–H and O–H groups in total. The molecule has 1 unspecified atom stereocenters. The number of carboxylic acid groups (broad SMARTS) is 1. The number of nitrogens with zero attached hydrogens (tertiary/aromatic N) is 5. The number of rotatable bonds is 8. The summed E-state index contributed by atoms with van der Waals surface area (Å²) >= 11 is 1.25. The van der Waals surface area contributed by atoms with Crippen LogP contribution in [0.15, 0.2) is 21.5 Å². The third kappa shape index (κ3) is 4.47. The predicted octanol–water partition coefficient (Wildman–Crippen LogP) is 1.46. The summed E-state index contributed by atoms with van der Waals surface area (Å²) in [7, 11) is 1.82. The number of carboxylic acids is 1. The Balaban J connectivity index is 1.62. The number of ether oxygens (including phenoxy) is 1. The molecular formula is C22H28N6O5S. The lowest BCUT2D eigenvalue weighted by Gasteiger charge is -2.40. The van der Waals surface area contributed by atoms with Crippen LogP contribution in [0.5, 0.6) is 0 Å². The summed E-state index contributed by atoms with van der Waals surface area (Å²) in [5, 5.41) is 12.8. The van der Waals surface area contributed by atoms with E-state index in [-0.39, 0.29) is 34.3 Å². The van der Waals surface area contributed by atoms with E-state index < -0.39 is 11.4 Å². The van der Waals surface area contributed by atoms with Gasteiger partial charge >= 0.3 is 5.97 Å². The van der Waals surface area contributed by atoms with Crippen molar-refractivity contribution in [3.63, 3.8) is 0 Å². The number of nitrogens with one attached hydrogen (secondary N) is 1. The standard InChI is InChI=1S/C22H28N6O5S/c1-5-33-10-13(3)24-20(30)14-7-27(8-14)16-6-12(2)17-18(29)15(21(31)32)9-28(19(17)25-16)22-26(4)11-23-34-22/h6,9,11,13-14,22H,5,7-8,10H2,1-4H3,(H,24,30)(H,31,32)/t13-,22?/m0/s1. The molecule has 4 rings (SSSR count). The van der Waals surface area contributed by atoms with Gasteiger partial charge in [0, 0.05) is 50.9 Å². The second-order valence-electron chi connectivity index (χ2n) is 8.57. The molecule has 0 aromatic carbocycles. The molecule has 182 valence electrons. The summed E-state index contributed by atoms with van der Waals surface area (Å²) < 4.78 is 11.2. The average Bonchev–Trinajstić information content (AvgIpc) is 3.16. The summed E-state index contributed by atoms with van der Waals surface area (Å²) in [6.07, 6.45) is 2.97. The minimum atomic E-state index is -1.29. The number of aromatic nitrogens is 2. The lowest BCUT2D eigenvalue weighted by atomic mass is 9.98.